The number of carbonyl (C=O) groups is 3. The van der Waals surface area contributed by atoms with Gasteiger partial charge in [-0.25, -0.2) is 5.10 Å². The molecule has 3 N–H and O–H groups in total. The van der Waals surface area contributed by atoms with Crippen molar-refractivity contribution in [3.63, 3.8) is 0 Å². The van der Waals surface area contributed by atoms with Crippen LogP contribution >= 0.6 is 0 Å². The number of hydrogen-bond donors (Lipinski definition) is 3. The first-order chi connectivity index (χ1) is 12.9. The molecule has 9 heteroatoms. The first-order valence-electron chi connectivity index (χ1n) is 8.61. The molecule has 0 fully saturated rings. The molecule has 0 saturated heterocycles. The van der Waals surface area contributed by atoms with E-state index >= 15 is 0 Å². The number of nitrogens with one attached hydrogen (secondary N) is 3. The molecule has 0 aliphatic heterocycles. The average molecular weight is 374 g/mol. The zero-order chi connectivity index (χ0) is 19.8. The van der Waals surface area contributed by atoms with Crippen LogP contribution in [0.15, 0.2) is 29.1 Å². The number of aromatic amines is 1. The maximum Gasteiger partial charge on any atom is 0.312 e. The van der Waals surface area contributed by atoms with E-state index in [0.29, 0.717) is 23.0 Å². The lowest BCUT2D eigenvalue weighted by atomic mass is 10.1. The Kier molecular flexibility index (Phi) is 7.04. The van der Waals surface area contributed by atoms with E-state index in [1.165, 1.54) is 0 Å². The van der Waals surface area contributed by atoms with E-state index in [-0.39, 0.29) is 17.9 Å². The molecule has 0 aliphatic rings. The number of H-pyrrole nitrogens is 1. The third-order valence-electron chi connectivity index (χ3n) is 3.77. The van der Waals surface area contributed by atoms with E-state index in [1.807, 2.05) is 6.92 Å². The fraction of sp³-hybridized carbons (Fsp3) is 0.389. The number of fused-ring (bicyclic) bond motifs is 1. The predicted octanol–water partition coefficient (Wildman–Crippen LogP) is 0.0397. The lowest BCUT2D eigenvalue weighted by molar-refractivity contribution is -0.148. The summed E-state index contributed by atoms with van der Waals surface area (Å²) >= 11 is 0. The number of benzene rings is 1. The Labute approximate surface area is 155 Å². The molecular formula is C18H22N4O5. The number of hydrogen-bond acceptors (Lipinski definition) is 6. The molecule has 0 radical (unpaired) electrons. The predicted molar refractivity (Wildman–Crippen MR) is 97.9 cm³/mol. The van der Waals surface area contributed by atoms with Gasteiger partial charge in [0.2, 0.25) is 5.91 Å². The SMILES string of the molecule is CCCNC(=O)[C@H](C)NC(=O)COC(=O)Cc1n[nH]c(=O)c2ccccc12. The van der Waals surface area contributed by atoms with Gasteiger partial charge in [-0.2, -0.15) is 5.10 Å². The second kappa shape index (κ2) is 9.46. The molecule has 1 aromatic heterocycles. The highest BCUT2D eigenvalue weighted by Crippen LogP contribution is 2.13. The van der Waals surface area contributed by atoms with Crippen molar-refractivity contribution in [1.29, 1.82) is 0 Å². The smallest absolute Gasteiger partial charge is 0.312 e. The van der Waals surface area contributed by atoms with Crippen LogP contribution in [0.25, 0.3) is 10.8 Å². The van der Waals surface area contributed by atoms with Gasteiger partial charge < -0.3 is 15.4 Å². The van der Waals surface area contributed by atoms with Crippen molar-refractivity contribution in [2.75, 3.05) is 13.2 Å². The van der Waals surface area contributed by atoms with Crippen molar-refractivity contribution < 1.29 is 19.1 Å². The molecule has 0 saturated carbocycles. The minimum atomic E-state index is -0.729. The summed E-state index contributed by atoms with van der Waals surface area (Å²) in [5.41, 5.74) is 0.000326. The fourth-order valence-electron chi connectivity index (χ4n) is 2.39. The van der Waals surface area contributed by atoms with Gasteiger partial charge in [0.1, 0.15) is 6.04 Å². The maximum atomic E-state index is 12.0. The van der Waals surface area contributed by atoms with Crippen molar-refractivity contribution in [2.24, 2.45) is 0 Å². The summed E-state index contributed by atoms with van der Waals surface area (Å²) in [5.74, 6) is -1.56. The van der Waals surface area contributed by atoms with Crippen molar-refractivity contribution in [1.82, 2.24) is 20.8 Å². The van der Waals surface area contributed by atoms with Crippen LogP contribution in [0.3, 0.4) is 0 Å². The first kappa shape index (κ1) is 20.1. The molecule has 27 heavy (non-hydrogen) atoms. The van der Waals surface area contributed by atoms with Gasteiger partial charge in [0.15, 0.2) is 6.61 Å². The largest absolute Gasteiger partial charge is 0.455 e. The van der Waals surface area contributed by atoms with E-state index in [9.17, 15) is 19.2 Å². The summed E-state index contributed by atoms with van der Waals surface area (Å²) in [6.45, 7) is 3.48. The first-order valence-corrected chi connectivity index (χ1v) is 8.61. The van der Waals surface area contributed by atoms with Crippen LogP contribution in [0.5, 0.6) is 0 Å². The number of aromatic nitrogens is 2. The van der Waals surface area contributed by atoms with Gasteiger partial charge in [-0.3, -0.25) is 19.2 Å². The number of ether oxygens (including phenoxy) is 1. The lowest BCUT2D eigenvalue weighted by Gasteiger charge is -2.13. The third-order valence-corrected chi connectivity index (χ3v) is 3.77. The Morgan fingerprint density at radius 1 is 1.22 bits per heavy atom. The Morgan fingerprint density at radius 3 is 2.63 bits per heavy atom. The van der Waals surface area contributed by atoms with E-state index in [0.717, 1.165) is 6.42 Å². The molecule has 144 valence electrons. The van der Waals surface area contributed by atoms with Gasteiger partial charge in [-0.15, -0.1) is 0 Å². The number of amides is 2. The van der Waals surface area contributed by atoms with Crippen LogP contribution in [-0.4, -0.2) is 47.2 Å². The van der Waals surface area contributed by atoms with Gasteiger partial charge in [-0.05, 0) is 19.4 Å². The molecule has 2 amide bonds. The Bertz CT molecular complexity index is 893. The second-order valence-corrected chi connectivity index (χ2v) is 5.96. The molecular weight excluding hydrogens is 352 g/mol. The molecule has 2 aromatic rings. The number of rotatable bonds is 8. The Hall–Kier alpha value is -3.23. The number of carbonyl (C=O) groups excluding carboxylic acids is 3. The van der Waals surface area contributed by atoms with Gasteiger partial charge in [-0.1, -0.05) is 25.1 Å². The molecule has 1 heterocycles. The molecule has 1 atom stereocenters. The van der Waals surface area contributed by atoms with E-state index in [1.54, 1.807) is 31.2 Å². The topological polar surface area (TPSA) is 130 Å². The molecule has 9 nitrogen and oxygen atoms in total. The van der Waals surface area contributed by atoms with Crippen molar-refractivity contribution in [2.45, 2.75) is 32.7 Å². The minimum absolute atomic E-state index is 0.197. The van der Waals surface area contributed by atoms with Gasteiger partial charge in [0, 0.05) is 11.9 Å². The quantitative estimate of drug-likeness (QED) is 0.559. The van der Waals surface area contributed by atoms with Crippen molar-refractivity contribution in [3.05, 3.63) is 40.3 Å². The second-order valence-electron chi connectivity index (χ2n) is 5.96. The molecule has 2 rings (SSSR count). The fourth-order valence-corrected chi connectivity index (χ4v) is 2.39. The molecule has 1 aromatic carbocycles. The van der Waals surface area contributed by atoms with E-state index in [2.05, 4.69) is 20.8 Å². The van der Waals surface area contributed by atoms with Crippen LogP contribution in [0.1, 0.15) is 26.0 Å². The average Bonchev–Trinajstić information content (AvgIpc) is 2.66. The maximum absolute atomic E-state index is 12.0. The highest BCUT2D eigenvalue weighted by atomic mass is 16.5. The Balaban J connectivity index is 1.88. The summed E-state index contributed by atoms with van der Waals surface area (Å²) < 4.78 is 4.93. The summed E-state index contributed by atoms with van der Waals surface area (Å²) in [4.78, 5) is 47.2. The monoisotopic (exact) mass is 374 g/mol. The van der Waals surface area contributed by atoms with Crippen LogP contribution < -0.4 is 16.2 Å². The third kappa shape index (κ3) is 5.63. The van der Waals surface area contributed by atoms with Gasteiger partial charge in [0.25, 0.3) is 11.5 Å². The summed E-state index contributed by atoms with van der Waals surface area (Å²) in [5, 5.41) is 12.3. The van der Waals surface area contributed by atoms with Gasteiger partial charge in [0.05, 0.1) is 17.5 Å². The Morgan fingerprint density at radius 2 is 1.93 bits per heavy atom. The number of esters is 1. The van der Waals surface area contributed by atoms with Gasteiger partial charge >= 0.3 is 5.97 Å². The molecule has 0 spiro atoms. The summed E-state index contributed by atoms with van der Waals surface area (Å²) in [6.07, 6.45) is 0.592. The summed E-state index contributed by atoms with van der Waals surface area (Å²) in [6, 6.07) is 6.03. The normalized spacial score (nSPS) is 11.6. The highest BCUT2D eigenvalue weighted by Gasteiger charge is 2.17. The standard InChI is InChI=1S/C18H22N4O5/c1-3-8-19-17(25)11(2)20-15(23)10-27-16(24)9-14-12-6-4-5-7-13(12)18(26)22-21-14/h4-7,11H,3,8-10H2,1-2H3,(H,19,25)(H,20,23)(H,22,26)/t11-/m0/s1. The van der Waals surface area contributed by atoms with Crippen LogP contribution in [0, 0.1) is 0 Å². The highest BCUT2D eigenvalue weighted by molar-refractivity contribution is 5.89. The zero-order valence-corrected chi connectivity index (χ0v) is 15.2. The minimum Gasteiger partial charge on any atom is -0.455 e. The lowest BCUT2D eigenvalue weighted by Crippen LogP contribution is -2.46. The van der Waals surface area contributed by atoms with Crippen molar-refractivity contribution >= 4 is 28.6 Å². The van der Waals surface area contributed by atoms with E-state index in [4.69, 9.17) is 4.74 Å². The zero-order valence-electron chi connectivity index (χ0n) is 15.2. The summed E-state index contributed by atoms with van der Waals surface area (Å²) in [7, 11) is 0. The van der Waals surface area contributed by atoms with E-state index < -0.39 is 24.5 Å². The van der Waals surface area contributed by atoms with Crippen molar-refractivity contribution in [3.8, 4) is 0 Å². The molecule has 0 unspecified atom stereocenters. The molecule has 0 aliphatic carbocycles. The van der Waals surface area contributed by atoms with Crippen LogP contribution in [0.2, 0.25) is 0 Å². The van der Waals surface area contributed by atoms with Crippen LogP contribution in [-0.2, 0) is 25.5 Å². The number of nitrogens with zero attached hydrogens (tertiary/aromatic N) is 1. The molecule has 0 bridgehead atoms. The van der Waals surface area contributed by atoms with Crippen LogP contribution in [0.4, 0.5) is 0 Å².